The molecule has 1 aliphatic rings. The van der Waals surface area contributed by atoms with E-state index in [1.807, 2.05) is 19.1 Å². The number of piperidine rings is 1. The minimum absolute atomic E-state index is 0.0547. The molecule has 7 nitrogen and oxygen atoms in total. The molecule has 3 N–H and O–H groups in total. The number of aromatic nitrogens is 3. The number of aliphatic hydroxyl groups excluding tert-OH is 1. The van der Waals surface area contributed by atoms with Crippen molar-refractivity contribution < 1.29 is 9.50 Å². The fourth-order valence-electron chi connectivity index (χ4n) is 3.51. The zero-order valence-electron chi connectivity index (χ0n) is 16.8. The van der Waals surface area contributed by atoms with Gasteiger partial charge in [-0.2, -0.15) is 0 Å². The van der Waals surface area contributed by atoms with Crippen LogP contribution in [0.15, 0.2) is 55.0 Å². The van der Waals surface area contributed by atoms with Crippen LogP contribution in [-0.2, 0) is 0 Å². The SMILES string of the molecule is C[C@H](Nc1cc(N2CCC(O)CC2)cc(Nc2cnccn2)n1)c1ccc(F)cc1. The van der Waals surface area contributed by atoms with Gasteiger partial charge in [-0.25, -0.2) is 14.4 Å². The molecule has 0 spiro atoms. The number of hydrogen-bond donors (Lipinski definition) is 3. The Balaban J connectivity index is 1.59. The normalized spacial score (nSPS) is 15.6. The summed E-state index contributed by atoms with van der Waals surface area (Å²) in [5, 5.41) is 16.4. The first-order valence-electron chi connectivity index (χ1n) is 10.1. The van der Waals surface area contributed by atoms with Gasteiger partial charge in [-0.1, -0.05) is 12.1 Å². The highest BCUT2D eigenvalue weighted by Gasteiger charge is 2.19. The lowest BCUT2D eigenvalue weighted by molar-refractivity contribution is 0.145. The molecule has 0 saturated carbocycles. The predicted octanol–water partition coefficient (Wildman–Crippen LogP) is 3.89. The van der Waals surface area contributed by atoms with Gasteiger partial charge in [0.1, 0.15) is 23.3 Å². The number of benzene rings is 1. The second kappa shape index (κ2) is 9.04. The number of pyridine rings is 1. The maximum atomic E-state index is 13.2. The minimum Gasteiger partial charge on any atom is -0.393 e. The van der Waals surface area contributed by atoms with E-state index >= 15 is 0 Å². The van der Waals surface area contributed by atoms with Gasteiger partial charge in [0.2, 0.25) is 0 Å². The largest absolute Gasteiger partial charge is 0.393 e. The van der Waals surface area contributed by atoms with Gasteiger partial charge < -0.3 is 20.6 Å². The third-order valence-electron chi connectivity index (χ3n) is 5.19. The number of anilines is 4. The van der Waals surface area contributed by atoms with Gasteiger partial charge in [0.15, 0.2) is 0 Å². The molecule has 1 aromatic carbocycles. The van der Waals surface area contributed by atoms with Crippen LogP contribution in [-0.4, -0.2) is 39.3 Å². The molecule has 1 aliphatic heterocycles. The summed E-state index contributed by atoms with van der Waals surface area (Å²) in [6.07, 6.45) is 6.11. The van der Waals surface area contributed by atoms with E-state index in [2.05, 4.69) is 30.5 Å². The number of halogens is 1. The third-order valence-corrected chi connectivity index (χ3v) is 5.19. The van der Waals surface area contributed by atoms with Crippen molar-refractivity contribution in [3.63, 3.8) is 0 Å². The lowest BCUT2D eigenvalue weighted by Crippen LogP contribution is -2.35. The molecule has 2 aromatic heterocycles. The molecule has 8 heteroatoms. The highest BCUT2D eigenvalue weighted by molar-refractivity contribution is 5.65. The average molecular weight is 408 g/mol. The second-order valence-corrected chi connectivity index (χ2v) is 7.45. The number of aliphatic hydroxyl groups is 1. The topological polar surface area (TPSA) is 86.2 Å². The molecule has 3 aromatic rings. The van der Waals surface area contributed by atoms with Crippen molar-refractivity contribution in [3.05, 3.63) is 66.4 Å². The van der Waals surface area contributed by atoms with E-state index in [9.17, 15) is 9.50 Å². The Morgan fingerprint density at radius 3 is 2.50 bits per heavy atom. The first-order chi connectivity index (χ1) is 14.6. The predicted molar refractivity (Wildman–Crippen MR) is 115 cm³/mol. The molecule has 4 rings (SSSR count). The molecule has 30 heavy (non-hydrogen) atoms. The Morgan fingerprint density at radius 1 is 1.07 bits per heavy atom. The molecular weight excluding hydrogens is 383 g/mol. The Bertz CT molecular complexity index is 961. The van der Waals surface area contributed by atoms with Gasteiger partial charge in [-0.05, 0) is 37.5 Å². The molecule has 0 bridgehead atoms. The van der Waals surface area contributed by atoms with Crippen LogP contribution >= 0.6 is 0 Å². The highest BCUT2D eigenvalue weighted by atomic mass is 19.1. The van der Waals surface area contributed by atoms with Gasteiger partial charge in [-0.3, -0.25) is 4.98 Å². The van der Waals surface area contributed by atoms with Gasteiger partial charge >= 0.3 is 0 Å². The molecule has 0 radical (unpaired) electrons. The van der Waals surface area contributed by atoms with Crippen LogP contribution in [0.25, 0.3) is 0 Å². The standard InChI is InChI=1S/C22H25FN6O/c1-15(16-2-4-17(23)5-3-16)26-20-12-18(29-10-6-19(30)7-11-29)13-21(27-20)28-22-14-24-8-9-25-22/h2-5,8-9,12-15,19,30H,6-7,10-11H2,1H3,(H2,25,26,27,28)/t15-/m0/s1. The van der Waals surface area contributed by atoms with Crippen LogP contribution in [0.2, 0.25) is 0 Å². The van der Waals surface area contributed by atoms with Crippen molar-refractivity contribution in [2.75, 3.05) is 28.6 Å². The molecule has 0 aliphatic carbocycles. The van der Waals surface area contributed by atoms with Crippen LogP contribution in [0.4, 0.5) is 27.5 Å². The van der Waals surface area contributed by atoms with E-state index in [0.717, 1.165) is 37.2 Å². The van der Waals surface area contributed by atoms with Crippen LogP contribution in [0.3, 0.4) is 0 Å². The minimum atomic E-state index is -0.256. The zero-order valence-corrected chi connectivity index (χ0v) is 16.8. The summed E-state index contributed by atoms with van der Waals surface area (Å²) in [5.74, 6) is 1.69. The summed E-state index contributed by atoms with van der Waals surface area (Å²) in [5.41, 5.74) is 1.98. The Hall–Kier alpha value is -3.26. The molecule has 156 valence electrons. The number of hydrogen-bond acceptors (Lipinski definition) is 7. The van der Waals surface area contributed by atoms with Gasteiger partial charge in [0, 0.05) is 49.3 Å². The van der Waals surface area contributed by atoms with Crippen molar-refractivity contribution in [3.8, 4) is 0 Å². The fourth-order valence-corrected chi connectivity index (χ4v) is 3.51. The van der Waals surface area contributed by atoms with E-state index in [1.165, 1.54) is 12.1 Å². The number of nitrogens with one attached hydrogen (secondary N) is 2. The maximum absolute atomic E-state index is 13.2. The van der Waals surface area contributed by atoms with Crippen LogP contribution in [0.5, 0.6) is 0 Å². The maximum Gasteiger partial charge on any atom is 0.150 e. The summed E-state index contributed by atoms with van der Waals surface area (Å²) >= 11 is 0. The lowest BCUT2D eigenvalue weighted by atomic mass is 10.1. The first-order valence-corrected chi connectivity index (χ1v) is 10.1. The van der Waals surface area contributed by atoms with Gasteiger partial charge in [-0.15, -0.1) is 0 Å². The zero-order chi connectivity index (χ0) is 20.9. The van der Waals surface area contributed by atoms with Gasteiger partial charge in [0.25, 0.3) is 0 Å². The summed E-state index contributed by atoms with van der Waals surface area (Å²) in [6.45, 7) is 3.57. The third kappa shape index (κ3) is 5.01. The highest BCUT2D eigenvalue weighted by Crippen LogP contribution is 2.28. The lowest BCUT2D eigenvalue weighted by Gasteiger charge is -2.32. The first kappa shape index (κ1) is 20.0. The number of nitrogens with zero attached hydrogens (tertiary/aromatic N) is 4. The smallest absolute Gasteiger partial charge is 0.150 e. The molecule has 0 amide bonds. The molecule has 1 saturated heterocycles. The van der Waals surface area contributed by atoms with Crippen LogP contribution in [0, 0.1) is 5.82 Å². The Kier molecular flexibility index (Phi) is 6.04. The summed E-state index contributed by atoms with van der Waals surface area (Å²) in [7, 11) is 0. The van der Waals surface area contributed by atoms with E-state index in [1.54, 1.807) is 30.7 Å². The molecule has 3 heterocycles. The summed E-state index contributed by atoms with van der Waals surface area (Å²) in [4.78, 5) is 15.3. The fraction of sp³-hybridized carbons (Fsp3) is 0.318. The van der Waals surface area contributed by atoms with Crippen LogP contribution < -0.4 is 15.5 Å². The molecule has 1 fully saturated rings. The van der Waals surface area contributed by atoms with Crippen molar-refractivity contribution in [1.29, 1.82) is 0 Å². The summed E-state index contributed by atoms with van der Waals surface area (Å²) < 4.78 is 13.2. The van der Waals surface area contributed by atoms with E-state index in [4.69, 9.17) is 0 Å². The Morgan fingerprint density at radius 2 is 1.80 bits per heavy atom. The van der Waals surface area contributed by atoms with E-state index in [0.29, 0.717) is 17.5 Å². The monoisotopic (exact) mass is 408 g/mol. The Labute approximate surface area is 175 Å². The molecular formula is C22H25FN6O. The average Bonchev–Trinajstić information content (AvgIpc) is 2.75. The van der Waals surface area contributed by atoms with Crippen molar-refractivity contribution >= 4 is 23.1 Å². The van der Waals surface area contributed by atoms with E-state index < -0.39 is 0 Å². The quantitative estimate of drug-likeness (QED) is 0.570. The molecule has 1 atom stereocenters. The van der Waals surface area contributed by atoms with Gasteiger partial charge in [0.05, 0.1) is 12.3 Å². The van der Waals surface area contributed by atoms with Crippen molar-refractivity contribution in [1.82, 2.24) is 15.0 Å². The molecule has 0 unspecified atom stereocenters. The van der Waals surface area contributed by atoms with E-state index in [-0.39, 0.29) is 18.0 Å². The van der Waals surface area contributed by atoms with Crippen molar-refractivity contribution in [2.45, 2.75) is 31.9 Å². The number of rotatable bonds is 6. The summed E-state index contributed by atoms with van der Waals surface area (Å²) in [6, 6.07) is 10.4. The van der Waals surface area contributed by atoms with Crippen LogP contribution in [0.1, 0.15) is 31.4 Å². The van der Waals surface area contributed by atoms with Crippen molar-refractivity contribution in [2.24, 2.45) is 0 Å². The second-order valence-electron chi connectivity index (χ2n) is 7.45.